The molecule has 2 aliphatic rings. The maximum absolute atomic E-state index is 13.0. The van der Waals surface area contributed by atoms with Gasteiger partial charge in [-0.1, -0.05) is 0 Å². The highest BCUT2D eigenvalue weighted by atomic mass is 16.6. The van der Waals surface area contributed by atoms with Crippen molar-refractivity contribution in [2.45, 2.75) is 6.42 Å². The van der Waals surface area contributed by atoms with Crippen LogP contribution in [0.3, 0.4) is 0 Å². The first-order chi connectivity index (χ1) is 12.6. The van der Waals surface area contributed by atoms with E-state index in [0.29, 0.717) is 49.0 Å². The summed E-state index contributed by atoms with van der Waals surface area (Å²) in [5.41, 5.74) is 2.23. The lowest BCUT2D eigenvalue weighted by atomic mass is 10.1. The summed E-state index contributed by atoms with van der Waals surface area (Å²) in [6, 6.07) is 8.11. The SMILES string of the molecule is COc1cc(C(=O)N2CCc3cc(C(=O)O)ccc32)cc2c1OCCO2. The van der Waals surface area contributed by atoms with Crippen LogP contribution in [0.2, 0.25) is 0 Å². The Hall–Kier alpha value is -3.22. The van der Waals surface area contributed by atoms with Crippen LogP contribution in [0, 0.1) is 0 Å². The van der Waals surface area contributed by atoms with E-state index in [1.165, 1.54) is 13.2 Å². The van der Waals surface area contributed by atoms with Gasteiger partial charge in [-0.15, -0.1) is 0 Å². The Bertz CT molecular complexity index is 890. The largest absolute Gasteiger partial charge is 0.493 e. The number of hydrogen-bond acceptors (Lipinski definition) is 5. The van der Waals surface area contributed by atoms with Gasteiger partial charge in [0.25, 0.3) is 5.91 Å². The van der Waals surface area contributed by atoms with Crippen LogP contribution in [0.5, 0.6) is 17.2 Å². The second-order valence-corrected chi connectivity index (χ2v) is 6.06. The molecule has 2 heterocycles. The zero-order valence-electron chi connectivity index (χ0n) is 14.2. The Morgan fingerprint density at radius 1 is 1.12 bits per heavy atom. The number of ether oxygens (including phenoxy) is 3. The van der Waals surface area contributed by atoms with Gasteiger partial charge in [0.05, 0.1) is 12.7 Å². The summed E-state index contributed by atoms with van der Waals surface area (Å²) in [4.78, 5) is 25.8. The molecule has 2 aliphatic heterocycles. The number of hydrogen-bond donors (Lipinski definition) is 1. The zero-order chi connectivity index (χ0) is 18.3. The number of amides is 1. The lowest BCUT2D eigenvalue weighted by Gasteiger charge is -2.23. The van der Waals surface area contributed by atoms with Crippen molar-refractivity contribution in [3.05, 3.63) is 47.0 Å². The number of rotatable bonds is 3. The molecule has 7 heteroatoms. The molecule has 0 unspecified atom stereocenters. The van der Waals surface area contributed by atoms with Gasteiger partial charge in [-0.05, 0) is 42.3 Å². The first kappa shape index (κ1) is 16.3. The second-order valence-electron chi connectivity index (χ2n) is 6.06. The van der Waals surface area contributed by atoms with Crippen LogP contribution in [0.25, 0.3) is 0 Å². The zero-order valence-corrected chi connectivity index (χ0v) is 14.2. The maximum atomic E-state index is 13.0. The van der Waals surface area contributed by atoms with Crippen LogP contribution in [0.4, 0.5) is 5.69 Å². The van der Waals surface area contributed by atoms with Crippen LogP contribution in [0.1, 0.15) is 26.3 Å². The highest BCUT2D eigenvalue weighted by Gasteiger charge is 2.29. The Morgan fingerprint density at radius 3 is 2.69 bits per heavy atom. The van der Waals surface area contributed by atoms with Gasteiger partial charge in [0, 0.05) is 17.8 Å². The Balaban J connectivity index is 1.69. The number of anilines is 1. The fourth-order valence-corrected chi connectivity index (χ4v) is 3.30. The second kappa shape index (κ2) is 6.25. The molecule has 0 fully saturated rings. The Labute approximate surface area is 149 Å². The van der Waals surface area contributed by atoms with Gasteiger partial charge in [-0.3, -0.25) is 4.79 Å². The monoisotopic (exact) mass is 355 g/mol. The summed E-state index contributed by atoms with van der Waals surface area (Å²) in [5.74, 6) is 0.269. The molecule has 134 valence electrons. The van der Waals surface area contributed by atoms with Crippen LogP contribution in [-0.4, -0.2) is 43.9 Å². The van der Waals surface area contributed by atoms with Gasteiger partial charge in [0.15, 0.2) is 11.5 Å². The van der Waals surface area contributed by atoms with Crippen molar-refractivity contribution in [2.24, 2.45) is 0 Å². The highest BCUT2D eigenvalue weighted by Crippen LogP contribution is 2.41. The number of fused-ring (bicyclic) bond motifs is 2. The predicted molar refractivity (Wildman–Crippen MR) is 92.8 cm³/mol. The van der Waals surface area contributed by atoms with Crippen molar-refractivity contribution < 1.29 is 28.9 Å². The van der Waals surface area contributed by atoms with Crippen LogP contribution >= 0.6 is 0 Å². The Kier molecular flexibility index (Phi) is 3.91. The van der Waals surface area contributed by atoms with E-state index in [0.717, 1.165) is 11.3 Å². The molecule has 0 aliphatic carbocycles. The molecule has 7 nitrogen and oxygen atoms in total. The van der Waals surface area contributed by atoms with Crippen molar-refractivity contribution in [1.82, 2.24) is 0 Å². The standard InChI is InChI=1S/C19H17NO6/c1-24-15-9-13(10-16-17(15)26-7-6-25-16)18(21)20-5-4-11-8-12(19(22)23)2-3-14(11)20/h2-3,8-10H,4-7H2,1H3,(H,22,23). The molecule has 0 atom stereocenters. The molecule has 26 heavy (non-hydrogen) atoms. The van der Waals surface area contributed by atoms with E-state index < -0.39 is 5.97 Å². The minimum atomic E-state index is -0.978. The number of carbonyl (C=O) groups is 2. The highest BCUT2D eigenvalue weighted by molar-refractivity contribution is 6.08. The molecule has 0 aromatic heterocycles. The van der Waals surface area contributed by atoms with Crippen LogP contribution in [-0.2, 0) is 6.42 Å². The normalized spacial score (nSPS) is 14.7. The minimum absolute atomic E-state index is 0.193. The summed E-state index contributed by atoms with van der Waals surface area (Å²) in [6.45, 7) is 1.34. The van der Waals surface area contributed by atoms with Crippen molar-refractivity contribution in [3.63, 3.8) is 0 Å². The van der Waals surface area contributed by atoms with Crippen LogP contribution in [0.15, 0.2) is 30.3 Å². The summed E-state index contributed by atoms with van der Waals surface area (Å²) >= 11 is 0. The molecule has 2 aromatic rings. The first-order valence-corrected chi connectivity index (χ1v) is 8.24. The molecule has 0 bridgehead atoms. The molecule has 0 saturated carbocycles. The van der Waals surface area contributed by atoms with E-state index in [-0.39, 0.29) is 11.5 Å². The molecule has 0 saturated heterocycles. The average molecular weight is 355 g/mol. The van der Waals surface area contributed by atoms with Crippen LogP contribution < -0.4 is 19.1 Å². The summed E-state index contributed by atoms with van der Waals surface area (Å²) in [5, 5.41) is 9.12. The molecule has 1 N–H and O–H groups in total. The lowest BCUT2D eigenvalue weighted by molar-refractivity contribution is 0.0696. The van der Waals surface area contributed by atoms with Crippen molar-refractivity contribution in [3.8, 4) is 17.2 Å². The lowest BCUT2D eigenvalue weighted by Crippen LogP contribution is -2.29. The van der Waals surface area contributed by atoms with Crippen molar-refractivity contribution in [1.29, 1.82) is 0 Å². The average Bonchev–Trinajstić information content (AvgIpc) is 3.09. The van der Waals surface area contributed by atoms with E-state index in [9.17, 15) is 9.59 Å². The van der Waals surface area contributed by atoms with E-state index in [2.05, 4.69) is 0 Å². The van der Waals surface area contributed by atoms with Crippen molar-refractivity contribution >= 4 is 17.6 Å². The molecule has 2 aromatic carbocycles. The number of nitrogens with zero attached hydrogens (tertiary/aromatic N) is 1. The number of carbonyl (C=O) groups excluding carboxylic acids is 1. The fraction of sp³-hybridized carbons (Fsp3) is 0.263. The summed E-state index contributed by atoms with van der Waals surface area (Å²) in [7, 11) is 1.51. The van der Waals surface area contributed by atoms with Gasteiger partial charge < -0.3 is 24.2 Å². The predicted octanol–water partition coefficient (Wildman–Crippen LogP) is 2.37. The smallest absolute Gasteiger partial charge is 0.335 e. The van der Waals surface area contributed by atoms with E-state index in [1.807, 2.05) is 0 Å². The van der Waals surface area contributed by atoms with E-state index in [1.54, 1.807) is 29.2 Å². The van der Waals surface area contributed by atoms with Gasteiger partial charge in [0.1, 0.15) is 13.2 Å². The third-order valence-electron chi connectivity index (χ3n) is 4.54. The number of carboxylic acids is 1. The van der Waals surface area contributed by atoms with Gasteiger partial charge in [0.2, 0.25) is 5.75 Å². The summed E-state index contributed by atoms with van der Waals surface area (Å²) in [6.07, 6.45) is 0.615. The molecular weight excluding hydrogens is 338 g/mol. The molecule has 1 amide bonds. The van der Waals surface area contributed by atoms with Gasteiger partial charge >= 0.3 is 5.97 Å². The maximum Gasteiger partial charge on any atom is 0.335 e. The first-order valence-electron chi connectivity index (χ1n) is 8.24. The van der Waals surface area contributed by atoms with Crippen molar-refractivity contribution in [2.75, 3.05) is 31.8 Å². The summed E-state index contributed by atoms with van der Waals surface area (Å²) < 4.78 is 16.5. The topological polar surface area (TPSA) is 85.3 Å². The van der Waals surface area contributed by atoms with E-state index >= 15 is 0 Å². The van der Waals surface area contributed by atoms with E-state index in [4.69, 9.17) is 19.3 Å². The molecule has 0 radical (unpaired) electrons. The molecular formula is C19H17NO6. The van der Waals surface area contributed by atoms with Gasteiger partial charge in [-0.25, -0.2) is 4.79 Å². The minimum Gasteiger partial charge on any atom is -0.493 e. The third-order valence-corrected chi connectivity index (χ3v) is 4.54. The quantitative estimate of drug-likeness (QED) is 0.910. The fourth-order valence-electron chi connectivity index (χ4n) is 3.30. The number of carboxylic acid groups (broad SMARTS) is 1. The van der Waals surface area contributed by atoms with Gasteiger partial charge in [-0.2, -0.15) is 0 Å². The molecule has 4 rings (SSSR count). The third kappa shape index (κ3) is 2.61. The number of aromatic carboxylic acids is 1. The molecule has 0 spiro atoms. The number of benzene rings is 2. The number of methoxy groups -OCH3 is 1. The Morgan fingerprint density at radius 2 is 1.92 bits per heavy atom.